The van der Waals surface area contributed by atoms with Gasteiger partial charge < -0.3 is 5.32 Å². The highest BCUT2D eigenvalue weighted by molar-refractivity contribution is 5.86. The fourth-order valence-corrected chi connectivity index (χ4v) is 3.44. The smallest absolute Gasteiger partial charge is 0.140 e. The van der Waals surface area contributed by atoms with Crippen molar-refractivity contribution in [2.75, 3.05) is 13.1 Å². The summed E-state index contributed by atoms with van der Waals surface area (Å²) in [7, 11) is 0. The van der Waals surface area contributed by atoms with Crippen LogP contribution >= 0.6 is 0 Å². The number of ketones is 1. The predicted octanol–water partition coefficient (Wildman–Crippen LogP) is 2.77. The molecule has 0 radical (unpaired) electrons. The Morgan fingerprint density at radius 1 is 1.38 bits per heavy atom. The lowest BCUT2D eigenvalue weighted by molar-refractivity contribution is -0.131. The Kier molecular flexibility index (Phi) is 3.68. The van der Waals surface area contributed by atoms with E-state index >= 15 is 0 Å². The predicted molar refractivity (Wildman–Crippen MR) is 66.3 cm³/mol. The van der Waals surface area contributed by atoms with Crippen molar-refractivity contribution in [1.29, 1.82) is 0 Å². The summed E-state index contributed by atoms with van der Waals surface area (Å²) in [5, 5.41) is 3.38. The van der Waals surface area contributed by atoms with E-state index in [0.717, 1.165) is 25.9 Å². The van der Waals surface area contributed by atoms with Crippen LogP contribution in [0.2, 0.25) is 0 Å². The fourth-order valence-electron chi connectivity index (χ4n) is 3.44. The molecule has 1 unspecified atom stereocenters. The van der Waals surface area contributed by atoms with Crippen molar-refractivity contribution >= 4 is 5.78 Å². The topological polar surface area (TPSA) is 29.1 Å². The molecule has 0 aromatic heterocycles. The van der Waals surface area contributed by atoms with Gasteiger partial charge in [-0.25, -0.2) is 0 Å². The largest absolute Gasteiger partial charge is 0.316 e. The zero-order valence-corrected chi connectivity index (χ0v) is 10.7. The second-order valence-electron chi connectivity index (χ2n) is 6.02. The molecular formula is C14H25NO. The van der Waals surface area contributed by atoms with Gasteiger partial charge in [-0.1, -0.05) is 39.5 Å². The zero-order chi connectivity index (χ0) is 11.6. The van der Waals surface area contributed by atoms with Crippen molar-refractivity contribution in [1.82, 2.24) is 5.32 Å². The Bertz CT molecular complexity index is 247. The molecule has 92 valence electrons. The van der Waals surface area contributed by atoms with Crippen molar-refractivity contribution in [2.45, 2.75) is 52.4 Å². The average molecular weight is 223 g/mol. The summed E-state index contributed by atoms with van der Waals surface area (Å²) >= 11 is 0. The zero-order valence-electron chi connectivity index (χ0n) is 10.7. The normalized spacial score (nSPS) is 31.4. The number of rotatable bonds is 4. The number of Topliss-reactive ketones (excluding diaryl/α,β-unsaturated/α-hetero) is 1. The molecule has 1 saturated carbocycles. The summed E-state index contributed by atoms with van der Waals surface area (Å²) in [5.41, 5.74) is -0.0391. The van der Waals surface area contributed by atoms with Crippen molar-refractivity contribution < 1.29 is 4.79 Å². The molecule has 2 fully saturated rings. The van der Waals surface area contributed by atoms with Gasteiger partial charge in [-0.2, -0.15) is 0 Å². The second-order valence-corrected chi connectivity index (χ2v) is 6.02. The summed E-state index contributed by atoms with van der Waals surface area (Å²) in [4.78, 5) is 12.5. The molecule has 1 saturated heterocycles. The molecule has 2 nitrogen and oxygen atoms in total. The van der Waals surface area contributed by atoms with E-state index in [1.807, 2.05) is 0 Å². The summed E-state index contributed by atoms with van der Waals surface area (Å²) in [6.07, 6.45) is 7.15. The molecule has 0 aromatic rings. The van der Waals surface area contributed by atoms with E-state index in [9.17, 15) is 4.79 Å². The van der Waals surface area contributed by atoms with Crippen LogP contribution in [0, 0.1) is 17.3 Å². The summed E-state index contributed by atoms with van der Waals surface area (Å²) < 4.78 is 0. The van der Waals surface area contributed by atoms with Gasteiger partial charge in [0.25, 0.3) is 0 Å². The van der Waals surface area contributed by atoms with Crippen LogP contribution in [-0.2, 0) is 4.79 Å². The molecule has 2 heteroatoms. The monoisotopic (exact) mass is 223 g/mol. The third-order valence-corrected chi connectivity index (χ3v) is 4.80. The Labute approximate surface area is 99.2 Å². The van der Waals surface area contributed by atoms with E-state index < -0.39 is 0 Å². The molecule has 0 spiro atoms. The van der Waals surface area contributed by atoms with E-state index in [4.69, 9.17) is 0 Å². The molecule has 1 heterocycles. The summed E-state index contributed by atoms with van der Waals surface area (Å²) in [6, 6.07) is 0. The molecule has 1 N–H and O–H groups in total. The third-order valence-electron chi connectivity index (χ3n) is 4.80. The number of carbonyl (C=O) groups excluding carboxylic acids is 1. The van der Waals surface area contributed by atoms with Gasteiger partial charge in [-0.15, -0.1) is 0 Å². The number of hydrogen-bond donors (Lipinski definition) is 1. The molecule has 0 aromatic carbocycles. The van der Waals surface area contributed by atoms with Gasteiger partial charge >= 0.3 is 0 Å². The Morgan fingerprint density at radius 3 is 2.56 bits per heavy atom. The van der Waals surface area contributed by atoms with Crippen LogP contribution < -0.4 is 5.32 Å². The fraction of sp³-hybridized carbons (Fsp3) is 0.929. The van der Waals surface area contributed by atoms with Gasteiger partial charge in [0.05, 0.1) is 0 Å². The maximum absolute atomic E-state index is 12.5. The minimum atomic E-state index is -0.0391. The van der Waals surface area contributed by atoms with Crippen molar-refractivity contribution in [2.24, 2.45) is 17.3 Å². The van der Waals surface area contributed by atoms with Crippen LogP contribution in [0.15, 0.2) is 0 Å². The summed E-state index contributed by atoms with van der Waals surface area (Å²) in [6.45, 7) is 6.35. The maximum Gasteiger partial charge on any atom is 0.140 e. The number of hydrogen-bond acceptors (Lipinski definition) is 2. The molecule has 2 rings (SSSR count). The molecular weight excluding hydrogens is 198 g/mol. The van der Waals surface area contributed by atoms with Crippen molar-refractivity contribution in [3.05, 3.63) is 0 Å². The molecule has 1 atom stereocenters. The quantitative estimate of drug-likeness (QED) is 0.794. The first-order chi connectivity index (χ1) is 7.65. The van der Waals surface area contributed by atoms with Gasteiger partial charge in [0, 0.05) is 18.4 Å². The SMILES string of the molecule is CC(C)C1(C(=O)CC2CCCC2)CCNC1. The van der Waals surface area contributed by atoms with Crippen LogP contribution in [0.1, 0.15) is 52.4 Å². The Morgan fingerprint density at radius 2 is 2.06 bits per heavy atom. The van der Waals surface area contributed by atoms with Gasteiger partial charge in [0.1, 0.15) is 5.78 Å². The van der Waals surface area contributed by atoms with E-state index in [-0.39, 0.29) is 5.41 Å². The minimum absolute atomic E-state index is 0.0391. The standard InChI is InChI=1S/C14H25NO/c1-11(2)14(7-8-15-10-14)13(16)9-12-5-3-4-6-12/h11-12,15H,3-10H2,1-2H3. The summed E-state index contributed by atoms with van der Waals surface area (Å²) in [5.74, 6) is 1.72. The van der Waals surface area contributed by atoms with E-state index in [1.54, 1.807) is 0 Å². The van der Waals surface area contributed by atoms with Crippen LogP contribution in [-0.4, -0.2) is 18.9 Å². The molecule has 1 aliphatic heterocycles. The van der Waals surface area contributed by atoms with Crippen LogP contribution in [0.5, 0.6) is 0 Å². The van der Waals surface area contributed by atoms with Gasteiger partial charge in [-0.05, 0) is 24.8 Å². The van der Waals surface area contributed by atoms with Crippen molar-refractivity contribution in [3.63, 3.8) is 0 Å². The van der Waals surface area contributed by atoms with E-state index in [2.05, 4.69) is 19.2 Å². The van der Waals surface area contributed by atoms with Crippen molar-refractivity contribution in [3.8, 4) is 0 Å². The van der Waals surface area contributed by atoms with Gasteiger partial charge in [0.15, 0.2) is 0 Å². The molecule has 0 amide bonds. The third kappa shape index (κ3) is 2.17. The second kappa shape index (κ2) is 4.87. The van der Waals surface area contributed by atoms with Crippen LogP contribution in [0.25, 0.3) is 0 Å². The molecule has 2 aliphatic rings. The lowest BCUT2D eigenvalue weighted by Crippen LogP contribution is -2.39. The van der Waals surface area contributed by atoms with E-state index in [0.29, 0.717) is 17.6 Å². The molecule has 16 heavy (non-hydrogen) atoms. The van der Waals surface area contributed by atoms with Crippen LogP contribution in [0.4, 0.5) is 0 Å². The first-order valence-corrected chi connectivity index (χ1v) is 6.89. The molecule has 1 aliphatic carbocycles. The van der Waals surface area contributed by atoms with E-state index in [1.165, 1.54) is 25.7 Å². The number of carbonyl (C=O) groups is 1. The first kappa shape index (κ1) is 12.1. The maximum atomic E-state index is 12.5. The average Bonchev–Trinajstić information content (AvgIpc) is 2.87. The highest BCUT2D eigenvalue weighted by atomic mass is 16.1. The number of nitrogens with one attached hydrogen (secondary N) is 1. The Balaban J connectivity index is 1.99. The van der Waals surface area contributed by atoms with Gasteiger partial charge in [-0.3, -0.25) is 4.79 Å². The van der Waals surface area contributed by atoms with Gasteiger partial charge in [0.2, 0.25) is 0 Å². The lowest BCUT2D eigenvalue weighted by Gasteiger charge is -2.32. The minimum Gasteiger partial charge on any atom is -0.316 e. The van der Waals surface area contributed by atoms with Crippen LogP contribution in [0.3, 0.4) is 0 Å². The highest BCUT2D eigenvalue weighted by Crippen LogP contribution is 2.39. The Hall–Kier alpha value is -0.370. The molecule has 0 bridgehead atoms. The highest BCUT2D eigenvalue weighted by Gasteiger charge is 2.43. The first-order valence-electron chi connectivity index (χ1n) is 6.89. The lowest BCUT2D eigenvalue weighted by atomic mass is 9.71.